The van der Waals surface area contributed by atoms with Crippen LogP contribution in [0.5, 0.6) is 11.5 Å². The molecule has 0 heterocycles. The summed E-state index contributed by atoms with van der Waals surface area (Å²) in [6, 6.07) is 19.8. The van der Waals surface area contributed by atoms with Gasteiger partial charge in [-0.2, -0.15) is 0 Å². The summed E-state index contributed by atoms with van der Waals surface area (Å²) in [6.07, 6.45) is 3.32. The minimum atomic E-state index is -0.0536. The molecule has 3 rings (SSSR count). The van der Waals surface area contributed by atoms with Crippen LogP contribution in [0, 0.1) is 0 Å². The average Bonchev–Trinajstić information content (AvgIpc) is 2.72. The quantitative estimate of drug-likeness (QED) is 0.329. The highest BCUT2D eigenvalue weighted by Gasteiger charge is 2.08. The Kier molecular flexibility index (Phi) is 6.75. The van der Waals surface area contributed by atoms with Crippen molar-refractivity contribution in [3.63, 3.8) is 0 Å². The third kappa shape index (κ3) is 5.16. The number of hydrogen-bond donors (Lipinski definition) is 0. The van der Waals surface area contributed by atoms with Crippen LogP contribution in [-0.2, 0) is 6.61 Å². The molecule has 0 spiro atoms. The standard InChI is InChI=1S/C23H18Cl2O3/c1-27-22-11-8-16(7-10-21(26)17-5-3-2-4-6-17)13-18(22)15-28-23-12-9-19(24)14-20(23)25/h2-14H,15H2,1H3. The summed E-state index contributed by atoms with van der Waals surface area (Å²) >= 11 is 12.1. The second-order valence-corrected chi connectivity index (χ2v) is 6.84. The van der Waals surface area contributed by atoms with Gasteiger partial charge in [0.2, 0.25) is 0 Å². The van der Waals surface area contributed by atoms with E-state index in [1.54, 1.807) is 49.6 Å². The molecule has 0 saturated heterocycles. The number of rotatable bonds is 7. The van der Waals surface area contributed by atoms with Gasteiger partial charge in [0.25, 0.3) is 0 Å². The first kappa shape index (κ1) is 20.0. The highest BCUT2D eigenvalue weighted by Crippen LogP contribution is 2.29. The third-order valence-corrected chi connectivity index (χ3v) is 4.60. The van der Waals surface area contributed by atoms with Crippen LogP contribution < -0.4 is 9.47 Å². The largest absolute Gasteiger partial charge is 0.496 e. The molecule has 5 heteroatoms. The number of hydrogen-bond acceptors (Lipinski definition) is 3. The number of ketones is 1. The topological polar surface area (TPSA) is 35.5 Å². The van der Waals surface area contributed by atoms with Crippen molar-refractivity contribution >= 4 is 35.1 Å². The Hall–Kier alpha value is -2.75. The van der Waals surface area contributed by atoms with Gasteiger partial charge in [-0.25, -0.2) is 0 Å². The van der Waals surface area contributed by atoms with Crippen molar-refractivity contribution in [3.8, 4) is 11.5 Å². The summed E-state index contributed by atoms with van der Waals surface area (Å²) in [4.78, 5) is 12.2. The SMILES string of the molecule is COc1ccc(C=CC(=O)c2ccccc2)cc1COc1ccc(Cl)cc1Cl. The van der Waals surface area contributed by atoms with E-state index in [1.165, 1.54) is 0 Å². The number of carbonyl (C=O) groups is 1. The van der Waals surface area contributed by atoms with Crippen LogP contribution >= 0.6 is 23.2 Å². The summed E-state index contributed by atoms with van der Waals surface area (Å²) in [6.45, 7) is 0.263. The maximum atomic E-state index is 12.2. The predicted octanol–water partition coefficient (Wildman–Crippen LogP) is 6.48. The Morgan fingerprint density at radius 1 is 0.964 bits per heavy atom. The fraction of sp³-hybridized carbons (Fsp3) is 0.0870. The van der Waals surface area contributed by atoms with Gasteiger partial charge in [0.1, 0.15) is 18.1 Å². The molecule has 28 heavy (non-hydrogen) atoms. The lowest BCUT2D eigenvalue weighted by molar-refractivity contribution is 0.104. The van der Waals surface area contributed by atoms with Crippen LogP contribution in [0.15, 0.2) is 72.8 Å². The minimum Gasteiger partial charge on any atom is -0.496 e. The fourth-order valence-electron chi connectivity index (χ4n) is 2.63. The van der Waals surface area contributed by atoms with E-state index in [0.29, 0.717) is 27.1 Å². The lowest BCUT2D eigenvalue weighted by atomic mass is 10.1. The molecule has 0 saturated carbocycles. The molecule has 0 atom stereocenters. The number of carbonyl (C=O) groups excluding carboxylic acids is 1. The van der Waals surface area contributed by atoms with Gasteiger partial charge in [-0.1, -0.05) is 65.7 Å². The highest BCUT2D eigenvalue weighted by molar-refractivity contribution is 6.35. The maximum Gasteiger partial charge on any atom is 0.185 e. The number of benzene rings is 3. The van der Waals surface area contributed by atoms with Crippen molar-refractivity contribution in [3.05, 3.63) is 99.5 Å². The summed E-state index contributed by atoms with van der Waals surface area (Å²) < 4.78 is 11.2. The summed E-state index contributed by atoms with van der Waals surface area (Å²) in [5.41, 5.74) is 2.35. The number of ether oxygens (including phenoxy) is 2. The molecular formula is C23H18Cl2O3. The van der Waals surface area contributed by atoms with E-state index in [0.717, 1.165) is 11.1 Å². The molecule has 0 bridgehead atoms. The molecule has 0 fully saturated rings. The van der Waals surface area contributed by atoms with E-state index in [2.05, 4.69) is 0 Å². The smallest absolute Gasteiger partial charge is 0.185 e. The van der Waals surface area contributed by atoms with Crippen LogP contribution in [0.4, 0.5) is 0 Å². The molecule has 0 aromatic heterocycles. The van der Waals surface area contributed by atoms with Gasteiger partial charge in [0.15, 0.2) is 5.78 Å². The molecule has 0 aliphatic rings. The van der Waals surface area contributed by atoms with Crippen LogP contribution in [-0.4, -0.2) is 12.9 Å². The van der Waals surface area contributed by atoms with E-state index in [4.69, 9.17) is 32.7 Å². The summed E-state index contributed by atoms with van der Waals surface area (Å²) in [5.74, 6) is 1.17. The van der Waals surface area contributed by atoms with E-state index in [-0.39, 0.29) is 12.4 Å². The number of methoxy groups -OCH3 is 1. The van der Waals surface area contributed by atoms with Crippen molar-refractivity contribution in [2.45, 2.75) is 6.61 Å². The second kappa shape index (κ2) is 9.45. The van der Waals surface area contributed by atoms with Crippen molar-refractivity contribution in [1.29, 1.82) is 0 Å². The van der Waals surface area contributed by atoms with Crippen LogP contribution in [0.3, 0.4) is 0 Å². The Balaban J connectivity index is 1.76. The highest BCUT2D eigenvalue weighted by atomic mass is 35.5. The van der Waals surface area contributed by atoms with Gasteiger partial charge < -0.3 is 9.47 Å². The molecule has 0 aliphatic carbocycles. The van der Waals surface area contributed by atoms with Crippen LogP contribution in [0.25, 0.3) is 6.08 Å². The molecule has 0 aliphatic heterocycles. The molecule has 3 nitrogen and oxygen atoms in total. The number of halogens is 2. The van der Waals surface area contributed by atoms with Gasteiger partial charge in [-0.05, 0) is 42.0 Å². The van der Waals surface area contributed by atoms with Crippen molar-refractivity contribution in [2.75, 3.05) is 7.11 Å². The van der Waals surface area contributed by atoms with Crippen LogP contribution in [0.1, 0.15) is 21.5 Å². The van der Waals surface area contributed by atoms with Crippen LogP contribution in [0.2, 0.25) is 10.0 Å². The maximum absolute atomic E-state index is 12.2. The Labute approximate surface area is 174 Å². The molecule has 0 N–H and O–H groups in total. The first-order chi connectivity index (χ1) is 13.6. The molecule has 0 unspecified atom stereocenters. The van der Waals surface area contributed by atoms with Gasteiger partial charge in [0, 0.05) is 16.1 Å². The monoisotopic (exact) mass is 412 g/mol. The predicted molar refractivity (Wildman–Crippen MR) is 114 cm³/mol. The summed E-state index contributed by atoms with van der Waals surface area (Å²) in [7, 11) is 1.60. The van der Waals surface area contributed by atoms with Gasteiger partial charge in [-0.15, -0.1) is 0 Å². The van der Waals surface area contributed by atoms with Crippen molar-refractivity contribution in [1.82, 2.24) is 0 Å². The lowest BCUT2D eigenvalue weighted by Crippen LogP contribution is -2.00. The Bertz CT molecular complexity index is 998. The van der Waals surface area contributed by atoms with E-state index >= 15 is 0 Å². The molecule has 3 aromatic carbocycles. The zero-order valence-electron chi connectivity index (χ0n) is 15.2. The van der Waals surface area contributed by atoms with E-state index in [1.807, 2.05) is 36.4 Å². The normalized spacial score (nSPS) is 10.8. The van der Waals surface area contributed by atoms with Gasteiger partial charge in [0.05, 0.1) is 12.1 Å². The average molecular weight is 413 g/mol. The minimum absolute atomic E-state index is 0.0536. The molecule has 3 aromatic rings. The number of allylic oxidation sites excluding steroid dienone is 1. The third-order valence-electron chi connectivity index (χ3n) is 4.07. The second-order valence-electron chi connectivity index (χ2n) is 6.00. The Morgan fingerprint density at radius 2 is 1.71 bits per heavy atom. The van der Waals surface area contributed by atoms with E-state index in [9.17, 15) is 4.79 Å². The fourth-order valence-corrected chi connectivity index (χ4v) is 3.10. The molecule has 0 amide bonds. The van der Waals surface area contributed by atoms with E-state index < -0.39 is 0 Å². The molecule has 0 radical (unpaired) electrons. The molecule has 142 valence electrons. The van der Waals surface area contributed by atoms with Gasteiger partial charge >= 0.3 is 0 Å². The lowest BCUT2D eigenvalue weighted by Gasteiger charge is -2.12. The first-order valence-corrected chi connectivity index (χ1v) is 9.34. The summed E-state index contributed by atoms with van der Waals surface area (Å²) in [5, 5.41) is 0.987. The van der Waals surface area contributed by atoms with Gasteiger partial charge in [-0.3, -0.25) is 4.79 Å². The zero-order chi connectivity index (χ0) is 19.9. The van der Waals surface area contributed by atoms with Crippen molar-refractivity contribution < 1.29 is 14.3 Å². The van der Waals surface area contributed by atoms with Crippen molar-refractivity contribution in [2.24, 2.45) is 0 Å². The zero-order valence-corrected chi connectivity index (χ0v) is 16.7. The Morgan fingerprint density at radius 3 is 2.43 bits per heavy atom. The molecular weight excluding hydrogens is 395 g/mol. The first-order valence-electron chi connectivity index (χ1n) is 8.59.